The molecule has 0 saturated carbocycles. The first kappa shape index (κ1) is 15.2. The SMILES string of the molecule is NS(=O)(=O)c1ccc(Cl)c(NC(=O)c2cc[nH]c(=O)c2)c1. The van der Waals surface area contributed by atoms with Gasteiger partial charge in [0.15, 0.2) is 0 Å². The molecule has 0 fully saturated rings. The highest BCUT2D eigenvalue weighted by atomic mass is 35.5. The molecule has 1 aromatic heterocycles. The monoisotopic (exact) mass is 327 g/mol. The van der Waals surface area contributed by atoms with Crippen LogP contribution < -0.4 is 16.0 Å². The molecule has 0 aliphatic carbocycles. The Bertz CT molecular complexity index is 861. The van der Waals surface area contributed by atoms with Crippen LogP contribution in [0.3, 0.4) is 0 Å². The summed E-state index contributed by atoms with van der Waals surface area (Å²) in [6.45, 7) is 0. The third-order valence-electron chi connectivity index (χ3n) is 2.55. The number of pyridine rings is 1. The van der Waals surface area contributed by atoms with E-state index in [4.69, 9.17) is 16.7 Å². The maximum absolute atomic E-state index is 12.0. The van der Waals surface area contributed by atoms with E-state index in [0.717, 1.165) is 12.1 Å². The van der Waals surface area contributed by atoms with E-state index in [1.807, 2.05) is 0 Å². The second kappa shape index (κ2) is 5.68. The molecule has 1 amide bonds. The van der Waals surface area contributed by atoms with Crippen LogP contribution in [0.25, 0.3) is 0 Å². The van der Waals surface area contributed by atoms with Crippen LogP contribution in [-0.4, -0.2) is 19.3 Å². The average Bonchev–Trinajstić information content (AvgIpc) is 2.40. The second-order valence-electron chi connectivity index (χ2n) is 4.08. The molecule has 4 N–H and O–H groups in total. The molecular formula is C12H10ClN3O4S. The van der Waals surface area contributed by atoms with Crippen LogP contribution in [0.5, 0.6) is 0 Å². The Balaban J connectivity index is 2.35. The number of carbonyl (C=O) groups is 1. The van der Waals surface area contributed by atoms with Gasteiger partial charge < -0.3 is 10.3 Å². The first-order valence-electron chi connectivity index (χ1n) is 5.60. The molecule has 0 atom stereocenters. The van der Waals surface area contributed by atoms with Crippen LogP contribution in [-0.2, 0) is 10.0 Å². The lowest BCUT2D eigenvalue weighted by Crippen LogP contribution is -2.17. The molecule has 0 aliphatic heterocycles. The number of benzene rings is 1. The smallest absolute Gasteiger partial charge is 0.255 e. The molecule has 0 saturated heterocycles. The molecule has 0 radical (unpaired) electrons. The quantitative estimate of drug-likeness (QED) is 0.776. The maximum Gasteiger partial charge on any atom is 0.255 e. The van der Waals surface area contributed by atoms with Crippen molar-refractivity contribution in [3.05, 3.63) is 57.5 Å². The van der Waals surface area contributed by atoms with Crippen molar-refractivity contribution in [3.63, 3.8) is 0 Å². The van der Waals surface area contributed by atoms with Crippen molar-refractivity contribution in [3.8, 4) is 0 Å². The van der Waals surface area contributed by atoms with Gasteiger partial charge in [-0.2, -0.15) is 0 Å². The molecule has 0 spiro atoms. The number of nitrogens with one attached hydrogen (secondary N) is 2. The molecule has 2 rings (SSSR count). The van der Waals surface area contributed by atoms with E-state index in [0.29, 0.717) is 0 Å². The van der Waals surface area contributed by atoms with E-state index in [9.17, 15) is 18.0 Å². The number of amides is 1. The van der Waals surface area contributed by atoms with Gasteiger partial charge in [-0.3, -0.25) is 9.59 Å². The van der Waals surface area contributed by atoms with Crippen molar-refractivity contribution >= 4 is 33.2 Å². The molecule has 1 heterocycles. The molecule has 110 valence electrons. The van der Waals surface area contributed by atoms with E-state index in [1.165, 1.54) is 24.4 Å². The number of aromatic amines is 1. The highest BCUT2D eigenvalue weighted by Gasteiger charge is 2.13. The van der Waals surface area contributed by atoms with Gasteiger partial charge in [0.2, 0.25) is 15.6 Å². The van der Waals surface area contributed by atoms with Crippen LogP contribution in [0.4, 0.5) is 5.69 Å². The number of H-pyrrole nitrogens is 1. The Hall–Kier alpha value is -2.16. The van der Waals surface area contributed by atoms with E-state index in [2.05, 4.69) is 10.3 Å². The van der Waals surface area contributed by atoms with Gasteiger partial charge in [-0.05, 0) is 24.3 Å². The summed E-state index contributed by atoms with van der Waals surface area (Å²) in [4.78, 5) is 25.3. The van der Waals surface area contributed by atoms with Crippen molar-refractivity contribution in [1.29, 1.82) is 0 Å². The van der Waals surface area contributed by atoms with Crippen molar-refractivity contribution in [2.45, 2.75) is 4.90 Å². The van der Waals surface area contributed by atoms with E-state index < -0.39 is 21.5 Å². The lowest BCUT2D eigenvalue weighted by atomic mass is 10.2. The minimum atomic E-state index is -3.91. The zero-order valence-corrected chi connectivity index (χ0v) is 12.0. The Labute approximate surface area is 124 Å². The van der Waals surface area contributed by atoms with Gasteiger partial charge in [-0.1, -0.05) is 11.6 Å². The van der Waals surface area contributed by atoms with Crippen LogP contribution >= 0.6 is 11.6 Å². The highest BCUT2D eigenvalue weighted by Crippen LogP contribution is 2.25. The zero-order chi connectivity index (χ0) is 15.6. The van der Waals surface area contributed by atoms with Crippen molar-refractivity contribution in [1.82, 2.24) is 4.98 Å². The fourth-order valence-electron chi connectivity index (χ4n) is 1.56. The summed E-state index contributed by atoms with van der Waals surface area (Å²) in [5.41, 5.74) is -0.253. The number of primary sulfonamides is 1. The summed E-state index contributed by atoms with van der Waals surface area (Å²) in [5, 5.41) is 7.57. The normalized spacial score (nSPS) is 11.1. The summed E-state index contributed by atoms with van der Waals surface area (Å²) in [5.74, 6) is -0.602. The average molecular weight is 328 g/mol. The number of anilines is 1. The Kier molecular flexibility index (Phi) is 4.12. The summed E-state index contributed by atoms with van der Waals surface area (Å²) in [6.07, 6.45) is 1.32. The lowest BCUT2D eigenvalue weighted by molar-refractivity contribution is 0.102. The number of nitrogens with two attached hydrogens (primary N) is 1. The number of rotatable bonds is 3. The van der Waals surface area contributed by atoms with Gasteiger partial charge in [-0.15, -0.1) is 0 Å². The first-order chi connectivity index (χ1) is 9.77. The Morgan fingerprint density at radius 1 is 1.24 bits per heavy atom. The van der Waals surface area contributed by atoms with Gasteiger partial charge >= 0.3 is 0 Å². The summed E-state index contributed by atoms with van der Waals surface area (Å²) >= 11 is 5.89. The first-order valence-corrected chi connectivity index (χ1v) is 7.52. The molecule has 0 aliphatic rings. The molecule has 21 heavy (non-hydrogen) atoms. The summed E-state index contributed by atoms with van der Waals surface area (Å²) < 4.78 is 22.5. The van der Waals surface area contributed by atoms with E-state index in [-0.39, 0.29) is 21.2 Å². The number of sulfonamides is 1. The zero-order valence-electron chi connectivity index (χ0n) is 10.5. The van der Waals surface area contributed by atoms with E-state index >= 15 is 0 Å². The van der Waals surface area contributed by atoms with Crippen LogP contribution in [0.2, 0.25) is 5.02 Å². The van der Waals surface area contributed by atoms with Gasteiger partial charge in [0.25, 0.3) is 5.91 Å². The molecule has 7 nitrogen and oxygen atoms in total. The van der Waals surface area contributed by atoms with Gasteiger partial charge in [0.05, 0.1) is 15.6 Å². The summed E-state index contributed by atoms with van der Waals surface area (Å²) in [6, 6.07) is 6.17. The largest absolute Gasteiger partial charge is 0.329 e. The molecule has 1 aromatic carbocycles. The predicted molar refractivity (Wildman–Crippen MR) is 77.8 cm³/mol. The lowest BCUT2D eigenvalue weighted by Gasteiger charge is -2.08. The number of hydrogen-bond donors (Lipinski definition) is 3. The number of aromatic nitrogens is 1. The molecule has 2 aromatic rings. The maximum atomic E-state index is 12.0. The third-order valence-corrected chi connectivity index (χ3v) is 3.79. The molecule has 9 heteroatoms. The van der Waals surface area contributed by atoms with Gasteiger partial charge in [0.1, 0.15) is 0 Å². The van der Waals surface area contributed by atoms with Crippen LogP contribution in [0, 0.1) is 0 Å². The fourth-order valence-corrected chi connectivity index (χ4v) is 2.26. The standard InChI is InChI=1S/C12H10ClN3O4S/c13-9-2-1-8(21(14,19)20)6-10(9)16-12(18)7-3-4-15-11(17)5-7/h1-6H,(H,15,17)(H,16,18)(H2,14,19,20). The van der Waals surface area contributed by atoms with Crippen molar-refractivity contribution < 1.29 is 13.2 Å². The van der Waals surface area contributed by atoms with E-state index in [1.54, 1.807) is 0 Å². The second-order valence-corrected chi connectivity index (χ2v) is 6.05. The van der Waals surface area contributed by atoms with Gasteiger partial charge in [0, 0.05) is 17.8 Å². The topological polar surface area (TPSA) is 122 Å². The molecule has 0 unspecified atom stereocenters. The number of hydrogen-bond acceptors (Lipinski definition) is 4. The minimum absolute atomic E-state index is 0.0773. The van der Waals surface area contributed by atoms with Crippen LogP contribution in [0.1, 0.15) is 10.4 Å². The van der Waals surface area contributed by atoms with Crippen molar-refractivity contribution in [2.24, 2.45) is 5.14 Å². The third kappa shape index (κ3) is 3.69. The number of halogens is 1. The van der Waals surface area contributed by atoms with Gasteiger partial charge in [-0.25, -0.2) is 13.6 Å². The molecule has 0 bridgehead atoms. The summed E-state index contributed by atoms with van der Waals surface area (Å²) in [7, 11) is -3.91. The Morgan fingerprint density at radius 3 is 2.57 bits per heavy atom. The predicted octanol–water partition coefficient (Wildman–Crippen LogP) is 0.928. The van der Waals surface area contributed by atoms with Crippen molar-refractivity contribution in [2.75, 3.05) is 5.32 Å². The molecular weight excluding hydrogens is 318 g/mol. The van der Waals surface area contributed by atoms with Crippen LogP contribution in [0.15, 0.2) is 46.2 Å². The fraction of sp³-hybridized carbons (Fsp3) is 0. The minimum Gasteiger partial charge on any atom is -0.329 e. The number of carbonyl (C=O) groups excluding carboxylic acids is 1. The highest BCUT2D eigenvalue weighted by molar-refractivity contribution is 7.89. The Morgan fingerprint density at radius 2 is 1.95 bits per heavy atom.